The molecular weight excluding hydrogens is 361 g/mol. The maximum atomic E-state index is 13.3. The van der Waals surface area contributed by atoms with Crippen LogP contribution in [-0.2, 0) is 4.57 Å². The molecule has 0 aromatic heterocycles. The highest BCUT2D eigenvalue weighted by atomic mass is 31.2. The van der Waals surface area contributed by atoms with Gasteiger partial charge in [-0.1, -0.05) is 36.4 Å². The zero-order valence-electron chi connectivity index (χ0n) is 14.5. The van der Waals surface area contributed by atoms with Gasteiger partial charge >= 0.3 is 7.60 Å². The van der Waals surface area contributed by atoms with Crippen molar-refractivity contribution >= 4 is 19.1 Å². The van der Waals surface area contributed by atoms with Crippen molar-refractivity contribution in [3.63, 3.8) is 0 Å². The maximum absolute atomic E-state index is 13.3. The van der Waals surface area contributed by atoms with E-state index in [0.29, 0.717) is 22.7 Å². The Hall–Kier alpha value is -3.24. The monoisotopic (exact) mass is 381 g/mol. The van der Waals surface area contributed by atoms with Gasteiger partial charge in [0.25, 0.3) is 0 Å². The van der Waals surface area contributed by atoms with Crippen LogP contribution in [0.25, 0.3) is 0 Å². The van der Waals surface area contributed by atoms with Crippen LogP contribution < -0.4 is 20.1 Å². The van der Waals surface area contributed by atoms with E-state index in [1.165, 1.54) is 0 Å². The summed E-state index contributed by atoms with van der Waals surface area (Å²) in [5, 5.41) is 10.5. The van der Waals surface area contributed by atoms with Gasteiger partial charge in [0.2, 0.25) is 0 Å². The van der Waals surface area contributed by atoms with Gasteiger partial charge in [-0.2, -0.15) is 0 Å². The molecule has 3 aromatic rings. The molecule has 138 valence electrons. The number of rotatable bonds is 8. The average molecular weight is 381 g/mol. The summed E-state index contributed by atoms with van der Waals surface area (Å²) in [7, 11) is -3.54. The van der Waals surface area contributed by atoms with Crippen LogP contribution in [0.1, 0.15) is 5.56 Å². The molecule has 0 unspecified atom stereocenters. The fourth-order valence-corrected chi connectivity index (χ4v) is 3.75. The molecule has 3 aromatic carbocycles. The number of para-hydroxylation sites is 2. The second-order valence-corrected chi connectivity index (χ2v) is 7.65. The van der Waals surface area contributed by atoms with Crippen LogP contribution in [0.2, 0.25) is 0 Å². The summed E-state index contributed by atoms with van der Waals surface area (Å²) in [6.07, 6.45) is -0.0315. The predicted molar refractivity (Wildman–Crippen MR) is 108 cm³/mol. The van der Waals surface area contributed by atoms with Gasteiger partial charge in [0.1, 0.15) is 23.6 Å². The van der Waals surface area contributed by atoms with Gasteiger partial charge in [-0.3, -0.25) is 5.41 Å². The van der Waals surface area contributed by atoms with Crippen LogP contribution in [0, 0.1) is 5.41 Å². The Morgan fingerprint density at radius 1 is 0.852 bits per heavy atom. The zero-order chi connectivity index (χ0) is 19.1. The van der Waals surface area contributed by atoms with Crippen LogP contribution in [0.15, 0.2) is 84.9 Å². The lowest BCUT2D eigenvalue weighted by Crippen LogP contribution is -2.13. The van der Waals surface area contributed by atoms with E-state index in [2.05, 4.69) is 5.32 Å². The normalized spacial score (nSPS) is 10.8. The van der Waals surface area contributed by atoms with E-state index in [-0.39, 0.29) is 12.1 Å². The minimum atomic E-state index is -3.54. The Labute approximate surface area is 158 Å². The molecule has 0 saturated carbocycles. The van der Waals surface area contributed by atoms with E-state index in [9.17, 15) is 4.57 Å². The van der Waals surface area contributed by atoms with Gasteiger partial charge in [0.15, 0.2) is 0 Å². The van der Waals surface area contributed by atoms with Crippen molar-refractivity contribution in [2.45, 2.75) is 0 Å². The second-order valence-electron chi connectivity index (χ2n) is 5.75. The van der Waals surface area contributed by atoms with Crippen LogP contribution >= 0.6 is 7.60 Å². The Morgan fingerprint density at radius 3 is 1.78 bits per heavy atom. The van der Waals surface area contributed by atoms with Gasteiger partial charge < -0.3 is 20.1 Å². The first-order chi connectivity index (χ1) is 13.0. The molecule has 27 heavy (non-hydrogen) atoms. The second kappa shape index (κ2) is 8.43. The van der Waals surface area contributed by atoms with Crippen molar-refractivity contribution in [3.8, 4) is 11.5 Å². The average Bonchev–Trinajstić information content (AvgIpc) is 2.68. The van der Waals surface area contributed by atoms with E-state index in [1.807, 2.05) is 12.1 Å². The molecule has 0 saturated heterocycles. The molecule has 0 spiro atoms. The first kappa shape index (κ1) is 18.5. The molecule has 0 aliphatic heterocycles. The molecule has 0 atom stereocenters. The summed E-state index contributed by atoms with van der Waals surface area (Å²) in [4.78, 5) is 0. The molecule has 4 N–H and O–H groups in total. The highest BCUT2D eigenvalue weighted by Crippen LogP contribution is 2.48. The lowest BCUT2D eigenvalue weighted by atomic mass is 10.2. The Bertz CT molecular complexity index is 886. The van der Waals surface area contributed by atoms with Gasteiger partial charge in [-0.25, -0.2) is 4.57 Å². The molecule has 0 aliphatic carbocycles. The van der Waals surface area contributed by atoms with E-state index in [0.717, 1.165) is 0 Å². The number of hydrogen-bond acceptors (Lipinski definition) is 5. The van der Waals surface area contributed by atoms with Crippen LogP contribution in [0.3, 0.4) is 0 Å². The lowest BCUT2D eigenvalue weighted by molar-refractivity contribution is 0.388. The Kier molecular flexibility index (Phi) is 5.79. The van der Waals surface area contributed by atoms with E-state index in [1.54, 1.807) is 72.8 Å². The minimum absolute atomic E-state index is 0.00737. The number of nitrogen functional groups attached to an aromatic ring is 1. The molecular formula is C20H20N3O3P. The van der Waals surface area contributed by atoms with Crippen molar-refractivity contribution in [2.75, 3.05) is 11.6 Å². The number of amidine groups is 1. The molecule has 0 heterocycles. The molecule has 0 aliphatic rings. The van der Waals surface area contributed by atoms with E-state index < -0.39 is 7.60 Å². The largest absolute Gasteiger partial charge is 0.449 e. The summed E-state index contributed by atoms with van der Waals surface area (Å²) in [6, 6.07) is 24.7. The predicted octanol–water partition coefficient (Wildman–Crippen LogP) is 4.69. The van der Waals surface area contributed by atoms with Crippen LogP contribution in [-0.4, -0.2) is 12.1 Å². The van der Waals surface area contributed by atoms with Gasteiger partial charge in [-0.05, 0) is 48.5 Å². The van der Waals surface area contributed by atoms with Crippen molar-refractivity contribution in [1.29, 1.82) is 5.41 Å². The molecule has 0 fully saturated rings. The fraction of sp³-hybridized carbons (Fsp3) is 0.0500. The van der Waals surface area contributed by atoms with Gasteiger partial charge in [0, 0.05) is 11.3 Å². The van der Waals surface area contributed by atoms with Gasteiger partial charge in [-0.15, -0.1) is 0 Å². The standard InChI is InChI=1S/C20H20N3O3P/c21-20(22)16-11-13-17(14-12-16)23-15-27(24,25-18-7-3-1-4-8-18)26-19-9-5-2-6-10-19/h1-14,23H,15H2,(H3,21,22). The SMILES string of the molecule is N=C(N)c1ccc(NCP(=O)(Oc2ccccc2)Oc2ccccc2)cc1. The molecule has 0 radical (unpaired) electrons. The lowest BCUT2D eigenvalue weighted by Gasteiger charge is -2.21. The maximum Gasteiger partial charge on any atom is 0.449 e. The first-order valence-corrected chi connectivity index (χ1v) is 10.0. The van der Waals surface area contributed by atoms with E-state index in [4.69, 9.17) is 20.2 Å². The van der Waals surface area contributed by atoms with Gasteiger partial charge in [0.05, 0.1) is 0 Å². The highest BCUT2D eigenvalue weighted by Gasteiger charge is 2.28. The Morgan fingerprint density at radius 2 is 1.33 bits per heavy atom. The minimum Gasteiger partial charge on any atom is -0.415 e. The molecule has 3 rings (SSSR count). The summed E-state index contributed by atoms with van der Waals surface area (Å²) >= 11 is 0. The van der Waals surface area contributed by atoms with Crippen molar-refractivity contribution < 1.29 is 13.6 Å². The van der Waals surface area contributed by atoms with Crippen LogP contribution in [0.4, 0.5) is 5.69 Å². The van der Waals surface area contributed by atoms with Crippen molar-refractivity contribution in [2.24, 2.45) is 5.73 Å². The third-order valence-electron chi connectivity index (χ3n) is 3.65. The summed E-state index contributed by atoms with van der Waals surface area (Å²) in [5.41, 5.74) is 6.79. The highest BCUT2D eigenvalue weighted by molar-refractivity contribution is 7.54. The van der Waals surface area contributed by atoms with Crippen LogP contribution in [0.5, 0.6) is 11.5 Å². The summed E-state index contributed by atoms with van der Waals surface area (Å²) in [5.74, 6) is 0.919. The number of anilines is 1. The van der Waals surface area contributed by atoms with E-state index >= 15 is 0 Å². The Balaban J connectivity index is 1.76. The van der Waals surface area contributed by atoms with Crippen molar-refractivity contribution in [3.05, 3.63) is 90.5 Å². The summed E-state index contributed by atoms with van der Waals surface area (Å²) in [6.45, 7) is 0. The fourth-order valence-electron chi connectivity index (χ4n) is 2.32. The summed E-state index contributed by atoms with van der Waals surface area (Å²) < 4.78 is 24.8. The molecule has 0 bridgehead atoms. The first-order valence-electron chi connectivity index (χ1n) is 8.31. The third kappa shape index (κ3) is 5.36. The quantitative estimate of drug-likeness (QED) is 0.299. The molecule has 6 nitrogen and oxygen atoms in total. The molecule has 7 heteroatoms. The number of hydrogen-bond donors (Lipinski definition) is 3. The third-order valence-corrected chi connectivity index (χ3v) is 5.17. The molecule has 0 amide bonds. The van der Waals surface area contributed by atoms with Crippen molar-refractivity contribution in [1.82, 2.24) is 0 Å². The zero-order valence-corrected chi connectivity index (χ0v) is 15.4. The topological polar surface area (TPSA) is 97.4 Å². The number of benzene rings is 3. The number of nitrogens with one attached hydrogen (secondary N) is 2. The number of nitrogens with two attached hydrogens (primary N) is 1. The smallest absolute Gasteiger partial charge is 0.415 e.